The van der Waals surface area contributed by atoms with Gasteiger partial charge in [-0.1, -0.05) is 25.1 Å². The quantitative estimate of drug-likeness (QED) is 0.304. The molecule has 2 aromatic carbocycles. The fraction of sp³-hybridized carbons (Fsp3) is 0.296. The number of hydrogen-bond acceptors (Lipinski definition) is 3. The molecule has 0 aliphatic rings. The van der Waals surface area contributed by atoms with E-state index in [2.05, 4.69) is 33.5 Å². The van der Waals surface area contributed by atoms with Crippen molar-refractivity contribution in [1.82, 2.24) is 15.2 Å². The first-order chi connectivity index (χ1) is 16.2. The topological polar surface area (TPSA) is 70.7 Å². The minimum Gasteiger partial charge on any atom is -0.322 e. The minimum absolute atomic E-state index is 0.133. The Balaban J connectivity index is 1.36. The molecule has 176 valence electrons. The molecular weight excluding hydrogens is 434 g/mol. The maximum atomic E-state index is 13.6. The Morgan fingerprint density at radius 1 is 1.15 bits per heavy atom. The smallest absolute Gasteiger partial charge is 0.270 e. The number of fused-ring (bicyclic) bond motifs is 1. The summed E-state index contributed by atoms with van der Waals surface area (Å²) in [6.45, 7) is 5.03. The molecule has 0 bridgehead atoms. The molecule has 7 heteroatoms. The number of nitrogens with one attached hydrogen (secondary N) is 2. The number of nitrogens with zero attached hydrogens (tertiary/aromatic N) is 2. The van der Waals surface area contributed by atoms with Crippen LogP contribution in [0.15, 0.2) is 60.9 Å². The van der Waals surface area contributed by atoms with Crippen LogP contribution in [-0.4, -0.2) is 21.1 Å². The van der Waals surface area contributed by atoms with E-state index in [4.69, 9.17) is 0 Å². The van der Waals surface area contributed by atoms with Crippen LogP contribution >= 0.6 is 0 Å². The van der Waals surface area contributed by atoms with Gasteiger partial charge in [-0.25, -0.2) is 13.8 Å². The van der Waals surface area contributed by atoms with Gasteiger partial charge in [0.2, 0.25) is 0 Å². The van der Waals surface area contributed by atoms with Gasteiger partial charge in [0.05, 0.1) is 6.20 Å². The van der Waals surface area contributed by atoms with E-state index >= 15 is 0 Å². The van der Waals surface area contributed by atoms with E-state index in [9.17, 15) is 13.6 Å². The van der Waals surface area contributed by atoms with Crippen molar-refractivity contribution in [3.05, 3.63) is 88.7 Å². The van der Waals surface area contributed by atoms with Crippen molar-refractivity contribution in [3.8, 4) is 0 Å². The summed E-state index contributed by atoms with van der Waals surface area (Å²) in [4.78, 5) is 17.1. The third kappa shape index (κ3) is 5.47. The SMILES string of the molecule is Cc1cc(C(=O)Nc2cccc(C(C)(F)F)c2)ccc1C(C)CCCc1cnc2[nH]ncc2c1. The number of halogens is 2. The second-order valence-electron chi connectivity index (χ2n) is 8.94. The molecule has 0 radical (unpaired) electrons. The first-order valence-corrected chi connectivity index (χ1v) is 11.4. The van der Waals surface area contributed by atoms with Crippen molar-refractivity contribution >= 4 is 22.6 Å². The second-order valence-corrected chi connectivity index (χ2v) is 8.94. The van der Waals surface area contributed by atoms with Crippen LogP contribution in [0.4, 0.5) is 14.5 Å². The fourth-order valence-corrected chi connectivity index (χ4v) is 4.23. The highest BCUT2D eigenvalue weighted by molar-refractivity contribution is 6.04. The molecule has 0 saturated heterocycles. The van der Waals surface area contributed by atoms with Crippen molar-refractivity contribution in [1.29, 1.82) is 0 Å². The van der Waals surface area contributed by atoms with Crippen molar-refractivity contribution in [2.45, 2.75) is 51.9 Å². The standard InChI is InChI=1S/C27H28F2N4O/c1-17(6-4-7-19-13-21-16-31-33-25(21)30-15-19)24-11-10-20(12-18(24)2)26(34)32-23-9-5-8-22(14-23)27(3,28)29/h5,8-17H,4,6-7H2,1-3H3,(H,32,34)(H,30,31,33). The summed E-state index contributed by atoms with van der Waals surface area (Å²) in [5.41, 5.74) is 4.95. The highest BCUT2D eigenvalue weighted by atomic mass is 19.3. The number of alkyl halides is 2. The molecule has 1 amide bonds. The number of aromatic nitrogens is 3. The number of amides is 1. The Bertz CT molecular complexity index is 1310. The van der Waals surface area contributed by atoms with Crippen LogP contribution in [0, 0.1) is 6.92 Å². The van der Waals surface area contributed by atoms with E-state index in [1.165, 1.54) is 29.3 Å². The molecule has 4 aromatic rings. The van der Waals surface area contributed by atoms with E-state index in [-0.39, 0.29) is 11.5 Å². The van der Waals surface area contributed by atoms with Crippen LogP contribution in [0.1, 0.15) is 65.2 Å². The highest BCUT2D eigenvalue weighted by Gasteiger charge is 2.24. The largest absolute Gasteiger partial charge is 0.322 e. The van der Waals surface area contributed by atoms with Gasteiger partial charge in [0.15, 0.2) is 5.65 Å². The van der Waals surface area contributed by atoms with E-state index in [0.717, 1.165) is 42.8 Å². The minimum atomic E-state index is -2.96. The van der Waals surface area contributed by atoms with Crippen molar-refractivity contribution < 1.29 is 13.6 Å². The van der Waals surface area contributed by atoms with Crippen LogP contribution in [-0.2, 0) is 12.3 Å². The molecule has 0 fully saturated rings. The molecular formula is C27H28F2N4O. The summed E-state index contributed by atoms with van der Waals surface area (Å²) in [7, 11) is 0. The van der Waals surface area contributed by atoms with Crippen LogP contribution in [0.2, 0.25) is 0 Å². The van der Waals surface area contributed by atoms with Crippen LogP contribution in [0.25, 0.3) is 11.0 Å². The molecule has 0 spiro atoms. The molecule has 2 N–H and O–H groups in total. The Kier molecular flexibility index (Phi) is 6.72. The van der Waals surface area contributed by atoms with Gasteiger partial charge >= 0.3 is 0 Å². The van der Waals surface area contributed by atoms with Crippen LogP contribution in [0.3, 0.4) is 0 Å². The number of benzene rings is 2. The average Bonchev–Trinajstić information content (AvgIpc) is 3.26. The highest BCUT2D eigenvalue weighted by Crippen LogP contribution is 2.29. The Labute approximate surface area is 197 Å². The van der Waals surface area contributed by atoms with E-state index in [0.29, 0.717) is 17.2 Å². The summed E-state index contributed by atoms with van der Waals surface area (Å²) in [5, 5.41) is 10.6. The number of carbonyl (C=O) groups is 1. The second kappa shape index (κ2) is 9.71. The molecule has 2 heterocycles. The molecule has 2 aromatic heterocycles. The molecule has 0 aliphatic heterocycles. The molecule has 5 nitrogen and oxygen atoms in total. The van der Waals surface area contributed by atoms with Gasteiger partial charge in [0, 0.05) is 35.3 Å². The predicted octanol–water partition coefficient (Wildman–Crippen LogP) is 6.76. The molecule has 1 atom stereocenters. The van der Waals surface area contributed by atoms with Gasteiger partial charge in [-0.3, -0.25) is 9.89 Å². The maximum absolute atomic E-state index is 13.6. The monoisotopic (exact) mass is 462 g/mol. The summed E-state index contributed by atoms with van der Waals surface area (Å²) < 4.78 is 27.2. The van der Waals surface area contributed by atoms with E-state index in [1.54, 1.807) is 18.3 Å². The lowest BCUT2D eigenvalue weighted by Crippen LogP contribution is -2.14. The Hall–Kier alpha value is -3.61. The molecule has 0 aliphatic carbocycles. The maximum Gasteiger partial charge on any atom is 0.270 e. The van der Waals surface area contributed by atoms with Gasteiger partial charge in [-0.05, 0) is 79.1 Å². The van der Waals surface area contributed by atoms with Crippen LogP contribution < -0.4 is 5.32 Å². The van der Waals surface area contributed by atoms with Gasteiger partial charge in [0.25, 0.3) is 11.8 Å². The van der Waals surface area contributed by atoms with Crippen molar-refractivity contribution in [3.63, 3.8) is 0 Å². The Morgan fingerprint density at radius 2 is 1.97 bits per heavy atom. The van der Waals surface area contributed by atoms with Gasteiger partial charge in [0.1, 0.15) is 0 Å². The van der Waals surface area contributed by atoms with Gasteiger partial charge < -0.3 is 5.32 Å². The zero-order chi connectivity index (χ0) is 24.3. The molecule has 0 saturated carbocycles. The predicted molar refractivity (Wildman–Crippen MR) is 130 cm³/mol. The van der Waals surface area contributed by atoms with Crippen LogP contribution in [0.5, 0.6) is 0 Å². The third-order valence-electron chi connectivity index (χ3n) is 6.14. The number of anilines is 1. The lowest BCUT2D eigenvalue weighted by atomic mass is 9.90. The lowest BCUT2D eigenvalue weighted by molar-refractivity contribution is 0.0175. The third-order valence-corrected chi connectivity index (χ3v) is 6.14. The summed E-state index contributed by atoms with van der Waals surface area (Å²) in [6, 6.07) is 13.5. The molecule has 4 rings (SSSR count). The first-order valence-electron chi connectivity index (χ1n) is 11.4. The molecule has 1 unspecified atom stereocenters. The summed E-state index contributed by atoms with van der Waals surface area (Å²) in [5.74, 6) is -2.94. The normalized spacial score (nSPS) is 12.6. The summed E-state index contributed by atoms with van der Waals surface area (Å²) in [6.07, 6.45) is 6.64. The zero-order valence-corrected chi connectivity index (χ0v) is 19.5. The number of aromatic amines is 1. The van der Waals surface area contributed by atoms with Crippen molar-refractivity contribution in [2.75, 3.05) is 5.32 Å². The fourth-order valence-electron chi connectivity index (χ4n) is 4.23. The number of carbonyl (C=O) groups excluding carboxylic acids is 1. The number of aryl methyl sites for hydroxylation is 2. The lowest BCUT2D eigenvalue weighted by Gasteiger charge is -2.16. The number of rotatable bonds is 8. The average molecular weight is 463 g/mol. The summed E-state index contributed by atoms with van der Waals surface area (Å²) >= 11 is 0. The number of hydrogen-bond donors (Lipinski definition) is 2. The van der Waals surface area contributed by atoms with E-state index in [1.807, 2.05) is 25.3 Å². The van der Waals surface area contributed by atoms with Gasteiger partial charge in [-0.15, -0.1) is 0 Å². The zero-order valence-electron chi connectivity index (χ0n) is 19.5. The van der Waals surface area contributed by atoms with Gasteiger partial charge in [-0.2, -0.15) is 5.10 Å². The molecule has 34 heavy (non-hydrogen) atoms. The number of H-pyrrole nitrogens is 1. The Morgan fingerprint density at radius 3 is 2.74 bits per heavy atom. The van der Waals surface area contributed by atoms with Crippen molar-refractivity contribution in [2.24, 2.45) is 0 Å². The number of pyridine rings is 1. The first kappa shape index (κ1) is 23.5. The van der Waals surface area contributed by atoms with E-state index < -0.39 is 5.92 Å².